The zero-order chi connectivity index (χ0) is 22.2. The highest BCUT2D eigenvalue weighted by atomic mass is 19.4. The van der Waals surface area contributed by atoms with Crippen molar-refractivity contribution in [2.75, 3.05) is 13.1 Å². The van der Waals surface area contributed by atoms with Crippen LogP contribution in [-0.2, 0) is 15.8 Å². The number of nitriles is 1. The zero-order valence-corrected chi connectivity index (χ0v) is 17.3. The van der Waals surface area contributed by atoms with Gasteiger partial charge in [-0.3, -0.25) is 9.59 Å². The lowest BCUT2D eigenvalue weighted by molar-refractivity contribution is -0.143. The van der Waals surface area contributed by atoms with E-state index in [-0.39, 0.29) is 17.7 Å². The van der Waals surface area contributed by atoms with E-state index < -0.39 is 29.1 Å². The monoisotopic (exact) mass is 433 g/mol. The minimum Gasteiger partial charge on any atom is -0.342 e. The first-order chi connectivity index (χ1) is 14.7. The fourth-order valence-corrected chi connectivity index (χ4v) is 4.89. The summed E-state index contributed by atoms with van der Waals surface area (Å²) in [6.45, 7) is 0.847. The van der Waals surface area contributed by atoms with Gasteiger partial charge in [0.15, 0.2) is 0 Å². The summed E-state index contributed by atoms with van der Waals surface area (Å²) >= 11 is 0. The van der Waals surface area contributed by atoms with Crippen LogP contribution in [0.3, 0.4) is 0 Å². The number of hydrogen-bond donors (Lipinski definition) is 1. The van der Waals surface area contributed by atoms with E-state index >= 15 is 0 Å². The van der Waals surface area contributed by atoms with Gasteiger partial charge in [-0.1, -0.05) is 31.0 Å². The van der Waals surface area contributed by atoms with E-state index in [0.29, 0.717) is 50.8 Å². The molecule has 1 aromatic carbocycles. The zero-order valence-electron chi connectivity index (χ0n) is 17.3. The van der Waals surface area contributed by atoms with Crippen molar-refractivity contribution in [2.45, 2.75) is 62.6 Å². The van der Waals surface area contributed by atoms with Gasteiger partial charge in [-0.25, -0.2) is 0 Å². The average molecular weight is 433 g/mol. The number of amides is 2. The third-order valence-corrected chi connectivity index (χ3v) is 6.93. The molecule has 3 atom stereocenters. The Morgan fingerprint density at radius 2 is 1.84 bits per heavy atom. The van der Waals surface area contributed by atoms with E-state index in [1.807, 2.05) is 0 Å². The Balaban J connectivity index is 1.43. The summed E-state index contributed by atoms with van der Waals surface area (Å²) in [6, 6.07) is 7.47. The SMILES string of the molecule is N#CC1(NC(=O)[C@@H]2CCCC[C@H]2C(=O)N2CCC(c3cccc(C(F)(F)F)c3)C2)CC1. The van der Waals surface area contributed by atoms with Gasteiger partial charge in [0.2, 0.25) is 11.8 Å². The highest BCUT2D eigenvalue weighted by Gasteiger charge is 2.48. The van der Waals surface area contributed by atoms with Crippen LogP contribution in [0.2, 0.25) is 0 Å². The van der Waals surface area contributed by atoms with Crippen molar-refractivity contribution in [3.63, 3.8) is 0 Å². The van der Waals surface area contributed by atoms with E-state index in [1.54, 1.807) is 11.0 Å². The number of rotatable bonds is 4. The van der Waals surface area contributed by atoms with E-state index in [0.717, 1.165) is 18.9 Å². The van der Waals surface area contributed by atoms with Gasteiger partial charge in [0.25, 0.3) is 0 Å². The molecule has 3 aliphatic rings. The molecule has 2 amide bonds. The number of hydrogen-bond acceptors (Lipinski definition) is 3. The number of carbonyl (C=O) groups excluding carboxylic acids is 2. The summed E-state index contributed by atoms with van der Waals surface area (Å²) < 4.78 is 39.1. The number of likely N-dealkylation sites (tertiary alicyclic amines) is 1. The second-order valence-electron chi connectivity index (χ2n) is 9.07. The molecule has 5 nitrogen and oxygen atoms in total. The van der Waals surface area contributed by atoms with Crippen LogP contribution >= 0.6 is 0 Å². The topological polar surface area (TPSA) is 73.2 Å². The first kappa shape index (κ1) is 21.7. The first-order valence-corrected chi connectivity index (χ1v) is 10.9. The van der Waals surface area contributed by atoms with Crippen molar-refractivity contribution in [2.24, 2.45) is 11.8 Å². The van der Waals surface area contributed by atoms with Gasteiger partial charge in [-0.15, -0.1) is 0 Å². The number of nitrogens with zero attached hydrogens (tertiary/aromatic N) is 2. The van der Waals surface area contributed by atoms with Crippen LogP contribution in [-0.4, -0.2) is 35.3 Å². The standard InChI is InChI=1S/C23H26F3N3O2/c24-23(25,26)17-5-3-4-15(12-17)16-8-11-29(13-16)21(31)19-7-2-1-6-18(19)20(30)28-22(14-27)9-10-22/h3-5,12,16,18-19H,1-2,6-11,13H2,(H,28,30)/t16?,18-,19-/m1/s1. The van der Waals surface area contributed by atoms with Crippen LogP contribution in [0.5, 0.6) is 0 Å². The lowest BCUT2D eigenvalue weighted by Gasteiger charge is -2.33. The van der Waals surface area contributed by atoms with Crippen LogP contribution in [0.25, 0.3) is 0 Å². The number of nitrogens with one attached hydrogen (secondary N) is 1. The maximum absolute atomic E-state index is 13.3. The average Bonchev–Trinajstić information content (AvgIpc) is 3.36. The van der Waals surface area contributed by atoms with Crippen LogP contribution in [0.1, 0.15) is 62.0 Å². The number of carbonyl (C=O) groups is 2. The number of halogens is 3. The highest BCUT2D eigenvalue weighted by molar-refractivity contribution is 5.89. The summed E-state index contributed by atoms with van der Waals surface area (Å²) in [6.07, 6.45) is 0.485. The molecule has 0 bridgehead atoms. The molecule has 166 valence electrons. The van der Waals surface area contributed by atoms with E-state index in [4.69, 9.17) is 0 Å². The van der Waals surface area contributed by atoms with E-state index in [9.17, 15) is 28.0 Å². The van der Waals surface area contributed by atoms with Gasteiger partial charge in [0, 0.05) is 30.8 Å². The Hall–Kier alpha value is -2.56. The summed E-state index contributed by atoms with van der Waals surface area (Å²) in [5.74, 6) is -1.32. The highest BCUT2D eigenvalue weighted by Crippen LogP contribution is 2.39. The minimum absolute atomic E-state index is 0.0869. The maximum atomic E-state index is 13.3. The van der Waals surface area contributed by atoms with Gasteiger partial charge in [-0.2, -0.15) is 18.4 Å². The van der Waals surface area contributed by atoms with Gasteiger partial charge < -0.3 is 10.2 Å². The van der Waals surface area contributed by atoms with Crippen molar-refractivity contribution in [3.05, 3.63) is 35.4 Å². The molecule has 2 aliphatic carbocycles. The normalized spacial score (nSPS) is 27.4. The molecule has 4 rings (SSSR count). The van der Waals surface area contributed by atoms with Crippen molar-refractivity contribution in [3.8, 4) is 6.07 Å². The Labute approximate surface area is 179 Å². The molecule has 8 heteroatoms. The van der Waals surface area contributed by atoms with Crippen molar-refractivity contribution in [1.82, 2.24) is 10.2 Å². The van der Waals surface area contributed by atoms with E-state index in [2.05, 4.69) is 11.4 Å². The third kappa shape index (κ3) is 4.56. The molecule has 0 spiro atoms. The molecule has 1 unspecified atom stereocenters. The molecule has 2 saturated carbocycles. The van der Waals surface area contributed by atoms with Crippen molar-refractivity contribution in [1.29, 1.82) is 5.26 Å². The summed E-state index contributed by atoms with van der Waals surface area (Å²) in [5.41, 5.74) is -0.845. The largest absolute Gasteiger partial charge is 0.416 e. The smallest absolute Gasteiger partial charge is 0.342 e. The molecule has 1 aromatic rings. The fraction of sp³-hybridized carbons (Fsp3) is 0.609. The summed E-state index contributed by atoms with van der Waals surface area (Å²) in [5, 5.41) is 12.1. The Bertz CT molecular complexity index is 904. The molecule has 31 heavy (non-hydrogen) atoms. The molecule has 1 aliphatic heterocycles. The van der Waals surface area contributed by atoms with E-state index in [1.165, 1.54) is 12.1 Å². The third-order valence-electron chi connectivity index (χ3n) is 6.93. The summed E-state index contributed by atoms with van der Waals surface area (Å²) in [4.78, 5) is 27.8. The first-order valence-electron chi connectivity index (χ1n) is 10.9. The quantitative estimate of drug-likeness (QED) is 0.780. The van der Waals surface area contributed by atoms with Crippen LogP contribution < -0.4 is 5.32 Å². The maximum Gasteiger partial charge on any atom is 0.416 e. The summed E-state index contributed by atoms with van der Waals surface area (Å²) in [7, 11) is 0. The van der Waals surface area contributed by atoms with Crippen LogP contribution in [0, 0.1) is 23.2 Å². The number of benzene rings is 1. The van der Waals surface area contributed by atoms with Gasteiger partial charge >= 0.3 is 6.18 Å². The Morgan fingerprint density at radius 1 is 1.13 bits per heavy atom. The lowest BCUT2D eigenvalue weighted by atomic mass is 9.77. The molecule has 1 saturated heterocycles. The molecule has 3 fully saturated rings. The Morgan fingerprint density at radius 3 is 2.48 bits per heavy atom. The predicted octanol–water partition coefficient (Wildman–Crippen LogP) is 4.00. The molecule has 1 heterocycles. The second kappa shape index (κ2) is 8.18. The molecule has 0 aromatic heterocycles. The van der Waals surface area contributed by atoms with Gasteiger partial charge in [0.05, 0.1) is 11.6 Å². The fourth-order valence-electron chi connectivity index (χ4n) is 4.89. The van der Waals surface area contributed by atoms with Gasteiger partial charge in [-0.05, 0) is 43.7 Å². The minimum atomic E-state index is -4.39. The predicted molar refractivity (Wildman–Crippen MR) is 107 cm³/mol. The Kier molecular flexibility index (Phi) is 5.71. The second-order valence-corrected chi connectivity index (χ2v) is 9.07. The molecule has 1 N–H and O–H groups in total. The number of alkyl halides is 3. The van der Waals surface area contributed by atoms with Crippen LogP contribution in [0.4, 0.5) is 13.2 Å². The lowest BCUT2D eigenvalue weighted by Crippen LogP contribution is -2.47. The van der Waals surface area contributed by atoms with Crippen LogP contribution in [0.15, 0.2) is 24.3 Å². The molecule has 0 radical (unpaired) electrons. The van der Waals surface area contributed by atoms with Crippen molar-refractivity contribution >= 4 is 11.8 Å². The van der Waals surface area contributed by atoms with Crippen molar-refractivity contribution < 1.29 is 22.8 Å². The molecular weight excluding hydrogens is 407 g/mol. The molecular formula is C23H26F3N3O2. The van der Waals surface area contributed by atoms with Gasteiger partial charge in [0.1, 0.15) is 5.54 Å².